The third-order valence-corrected chi connectivity index (χ3v) is 3.36. The summed E-state index contributed by atoms with van der Waals surface area (Å²) in [4.78, 5) is 11.8. The summed E-state index contributed by atoms with van der Waals surface area (Å²) in [5.41, 5.74) is 3.12. The van der Waals surface area contributed by atoms with E-state index in [1.807, 2.05) is 55.5 Å². The first kappa shape index (κ1) is 15.9. The van der Waals surface area contributed by atoms with Crippen molar-refractivity contribution in [2.24, 2.45) is 0 Å². The summed E-state index contributed by atoms with van der Waals surface area (Å²) in [6.45, 7) is 4.99. The van der Waals surface area contributed by atoms with E-state index in [0.717, 1.165) is 23.4 Å². The van der Waals surface area contributed by atoms with Gasteiger partial charge in [0.25, 0.3) is 0 Å². The van der Waals surface area contributed by atoms with Gasteiger partial charge in [0.1, 0.15) is 12.4 Å². The lowest BCUT2D eigenvalue weighted by Crippen LogP contribution is -2.32. The van der Waals surface area contributed by atoms with Gasteiger partial charge in [0.2, 0.25) is 0 Å². The van der Waals surface area contributed by atoms with Crippen molar-refractivity contribution in [3.8, 4) is 5.75 Å². The van der Waals surface area contributed by atoms with E-state index in [2.05, 4.69) is 17.6 Å². The van der Waals surface area contributed by atoms with E-state index < -0.39 is 0 Å². The van der Waals surface area contributed by atoms with E-state index in [4.69, 9.17) is 4.74 Å². The molecule has 0 aliphatic heterocycles. The second-order valence-corrected chi connectivity index (χ2v) is 5.05. The Labute approximate surface area is 131 Å². The second kappa shape index (κ2) is 8.08. The molecule has 0 aliphatic rings. The number of hydrogen-bond acceptors (Lipinski definition) is 2. The molecule has 4 heteroatoms. The van der Waals surface area contributed by atoms with Crippen LogP contribution in [0, 0.1) is 6.92 Å². The number of hydrogen-bond donors (Lipinski definition) is 2. The number of aryl methyl sites for hydroxylation is 2. The van der Waals surface area contributed by atoms with Gasteiger partial charge in [-0.3, -0.25) is 0 Å². The first-order valence-corrected chi connectivity index (χ1v) is 7.51. The second-order valence-electron chi connectivity index (χ2n) is 5.05. The number of para-hydroxylation sites is 1. The maximum atomic E-state index is 11.8. The molecule has 0 aliphatic carbocycles. The zero-order valence-electron chi connectivity index (χ0n) is 13.1. The van der Waals surface area contributed by atoms with Crippen LogP contribution in [-0.4, -0.2) is 19.2 Å². The van der Waals surface area contributed by atoms with Crippen molar-refractivity contribution in [3.05, 3.63) is 59.7 Å². The van der Waals surface area contributed by atoms with Crippen molar-refractivity contribution in [3.63, 3.8) is 0 Å². The van der Waals surface area contributed by atoms with Crippen LogP contribution in [0.4, 0.5) is 10.5 Å². The summed E-state index contributed by atoms with van der Waals surface area (Å²) in [6, 6.07) is 15.4. The molecule has 0 unspecified atom stereocenters. The molecule has 0 fully saturated rings. The molecule has 0 bridgehead atoms. The van der Waals surface area contributed by atoms with E-state index in [1.165, 1.54) is 5.56 Å². The topological polar surface area (TPSA) is 50.4 Å². The van der Waals surface area contributed by atoms with Crippen LogP contribution in [0.3, 0.4) is 0 Å². The fraction of sp³-hybridized carbons (Fsp3) is 0.278. The molecule has 2 rings (SSSR count). The van der Waals surface area contributed by atoms with Crippen molar-refractivity contribution < 1.29 is 9.53 Å². The highest BCUT2D eigenvalue weighted by Crippen LogP contribution is 2.15. The standard InChI is InChI=1S/C18H22N2O2/c1-3-15-8-10-16(11-9-15)20-18(21)19-12-13-22-17-7-5-4-6-14(17)2/h4-11H,3,12-13H2,1-2H3,(H2,19,20,21). The van der Waals surface area contributed by atoms with E-state index in [9.17, 15) is 4.79 Å². The molecular formula is C18H22N2O2. The number of carbonyl (C=O) groups is 1. The van der Waals surface area contributed by atoms with Gasteiger partial charge in [-0.25, -0.2) is 4.79 Å². The van der Waals surface area contributed by atoms with Crippen molar-refractivity contribution >= 4 is 11.7 Å². The molecule has 2 N–H and O–H groups in total. The minimum absolute atomic E-state index is 0.224. The van der Waals surface area contributed by atoms with E-state index in [1.54, 1.807) is 0 Å². The summed E-state index contributed by atoms with van der Waals surface area (Å²) >= 11 is 0. The average molecular weight is 298 g/mol. The molecule has 2 aromatic rings. The number of nitrogens with one attached hydrogen (secondary N) is 2. The van der Waals surface area contributed by atoms with Crippen LogP contribution >= 0.6 is 0 Å². The first-order valence-electron chi connectivity index (χ1n) is 7.51. The number of amides is 2. The van der Waals surface area contributed by atoms with Crippen LogP contribution in [0.5, 0.6) is 5.75 Å². The van der Waals surface area contributed by atoms with Crippen molar-refractivity contribution in [2.45, 2.75) is 20.3 Å². The molecule has 2 aromatic carbocycles. The van der Waals surface area contributed by atoms with Crippen molar-refractivity contribution in [1.29, 1.82) is 0 Å². The Morgan fingerprint density at radius 1 is 1.09 bits per heavy atom. The highest BCUT2D eigenvalue weighted by atomic mass is 16.5. The maximum Gasteiger partial charge on any atom is 0.319 e. The molecule has 0 saturated carbocycles. The Morgan fingerprint density at radius 2 is 1.82 bits per heavy atom. The molecule has 0 saturated heterocycles. The van der Waals surface area contributed by atoms with Crippen LogP contribution in [0.25, 0.3) is 0 Å². The SMILES string of the molecule is CCc1ccc(NC(=O)NCCOc2ccccc2C)cc1. The zero-order chi connectivity index (χ0) is 15.8. The van der Waals surface area contributed by atoms with Crippen LogP contribution < -0.4 is 15.4 Å². The van der Waals surface area contributed by atoms with Crippen molar-refractivity contribution in [1.82, 2.24) is 5.32 Å². The first-order chi connectivity index (χ1) is 10.7. The Balaban J connectivity index is 1.70. The molecule has 0 heterocycles. The summed E-state index contributed by atoms with van der Waals surface area (Å²) in [5, 5.41) is 5.57. The van der Waals surface area contributed by atoms with Crippen LogP contribution in [0.2, 0.25) is 0 Å². The molecule has 116 valence electrons. The molecule has 0 spiro atoms. The lowest BCUT2D eigenvalue weighted by Gasteiger charge is -2.10. The van der Waals surface area contributed by atoms with Crippen LogP contribution in [0.1, 0.15) is 18.1 Å². The summed E-state index contributed by atoms with van der Waals surface area (Å²) in [6.07, 6.45) is 0.989. The van der Waals surface area contributed by atoms with Gasteiger partial charge in [-0.05, 0) is 42.7 Å². The number of carbonyl (C=O) groups excluding carboxylic acids is 1. The number of rotatable bonds is 6. The number of anilines is 1. The highest BCUT2D eigenvalue weighted by molar-refractivity contribution is 5.89. The monoisotopic (exact) mass is 298 g/mol. The van der Waals surface area contributed by atoms with Gasteiger partial charge in [-0.1, -0.05) is 37.3 Å². The molecule has 4 nitrogen and oxygen atoms in total. The minimum atomic E-state index is -0.224. The summed E-state index contributed by atoms with van der Waals surface area (Å²) < 4.78 is 5.63. The van der Waals surface area contributed by atoms with Gasteiger partial charge in [-0.15, -0.1) is 0 Å². The maximum absolute atomic E-state index is 11.8. The number of urea groups is 1. The molecular weight excluding hydrogens is 276 g/mol. The van der Waals surface area contributed by atoms with E-state index in [0.29, 0.717) is 13.2 Å². The third kappa shape index (κ3) is 4.81. The fourth-order valence-corrected chi connectivity index (χ4v) is 2.04. The van der Waals surface area contributed by atoms with Gasteiger partial charge in [0.05, 0.1) is 6.54 Å². The van der Waals surface area contributed by atoms with Gasteiger partial charge >= 0.3 is 6.03 Å². The smallest absolute Gasteiger partial charge is 0.319 e. The third-order valence-electron chi connectivity index (χ3n) is 3.36. The normalized spacial score (nSPS) is 10.1. The van der Waals surface area contributed by atoms with Gasteiger partial charge in [-0.2, -0.15) is 0 Å². The Hall–Kier alpha value is -2.49. The van der Waals surface area contributed by atoms with Crippen LogP contribution in [-0.2, 0) is 6.42 Å². The predicted octanol–water partition coefficient (Wildman–Crippen LogP) is 3.76. The zero-order valence-corrected chi connectivity index (χ0v) is 13.1. The molecule has 0 radical (unpaired) electrons. The minimum Gasteiger partial charge on any atom is -0.491 e. The molecule has 2 amide bonds. The Bertz CT molecular complexity index is 609. The van der Waals surface area contributed by atoms with E-state index in [-0.39, 0.29) is 6.03 Å². The summed E-state index contributed by atoms with van der Waals surface area (Å²) in [7, 11) is 0. The van der Waals surface area contributed by atoms with Gasteiger partial charge < -0.3 is 15.4 Å². The molecule has 22 heavy (non-hydrogen) atoms. The van der Waals surface area contributed by atoms with E-state index >= 15 is 0 Å². The quantitative estimate of drug-likeness (QED) is 0.798. The van der Waals surface area contributed by atoms with Crippen LogP contribution in [0.15, 0.2) is 48.5 Å². The molecule has 0 atom stereocenters. The predicted molar refractivity (Wildman–Crippen MR) is 89.5 cm³/mol. The highest BCUT2D eigenvalue weighted by Gasteiger charge is 2.02. The number of benzene rings is 2. The largest absolute Gasteiger partial charge is 0.491 e. The lowest BCUT2D eigenvalue weighted by molar-refractivity contribution is 0.247. The van der Waals surface area contributed by atoms with Gasteiger partial charge in [0.15, 0.2) is 0 Å². The molecule has 0 aromatic heterocycles. The number of ether oxygens (including phenoxy) is 1. The Morgan fingerprint density at radius 3 is 2.50 bits per heavy atom. The lowest BCUT2D eigenvalue weighted by atomic mass is 10.1. The average Bonchev–Trinajstić information content (AvgIpc) is 2.54. The Kier molecular flexibility index (Phi) is 5.83. The van der Waals surface area contributed by atoms with Crippen molar-refractivity contribution in [2.75, 3.05) is 18.5 Å². The van der Waals surface area contributed by atoms with Gasteiger partial charge in [0, 0.05) is 5.69 Å². The summed E-state index contributed by atoms with van der Waals surface area (Å²) in [5.74, 6) is 0.847. The fourth-order valence-electron chi connectivity index (χ4n) is 2.04.